The van der Waals surface area contributed by atoms with Crippen molar-refractivity contribution in [1.29, 1.82) is 0 Å². The van der Waals surface area contributed by atoms with Gasteiger partial charge in [0.05, 0.1) is 28.7 Å². The summed E-state index contributed by atoms with van der Waals surface area (Å²) in [5.74, 6) is 0. The highest BCUT2D eigenvalue weighted by molar-refractivity contribution is 7.71. The maximum Gasteiger partial charge on any atom is 0.416 e. The van der Waals surface area contributed by atoms with Crippen LogP contribution in [0.5, 0.6) is 0 Å². The number of H-pyrrole nitrogens is 1. The average molecular weight is 304 g/mol. The quantitative estimate of drug-likeness (QED) is 0.864. The summed E-state index contributed by atoms with van der Waals surface area (Å²) < 4.78 is 45.5. The van der Waals surface area contributed by atoms with Crippen LogP contribution in [0.3, 0.4) is 0 Å². The molecule has 2 aromatic rings. The van der Waals surface area contributed by atoms with E-state index in [0.717, 1.165) is 12.1 Å². The summed E-state index contributed by atoms with van der Waals surface area (Å²) >= 11 is 5.18. The minimum atomic E-state index is -4.36. The molecule has 0 unspecified atom stereocenters. The number of nitrogens with one attached hydrogen (secondary N) is 1. The topological polar surface area (TPSA) is 29.9 Å². The zero-order valence-corrected chi connectivity index (χ0v) is 12.2. The molecule has 20 heavy (non-hydrogen) atoms. The molecule has 0 radical (unpaired) electrons. The molecule has 1 aromatic heterocycles. The van der Waals surface area contributed by atoms with Crippen LogP contribution in [0.15, 0.2) is 18.2 Å². The molecule has 0 amide bonds. The molecule has 0 atom stereocenters. The van der Waals surface area contributed by atoms with Crippen LogP contribution in [0.4, 0.5) is 13.2 Å². The Kier molecular flexibility index (Phi) is 3.68. The summed E-state index contributed by atoms with van der Waals surface area (Å²) in [5.41, 5.74) is -0.153. The van der Waals surface area contributed by atoms with Crippen molar-refractivity contribution in [2.24, 2.45) is 0 Å². The summed E-state index contributed by atoms with van der Waals surface area (Å²) in [5, 5.41) is 0. The standard InChI is InChI=1S/C13H15F3N2OS/c1-12(2,19-3)7-18-10-5-4-8(13(14,15)16)6-9(10)17-11(18)20/h4-6H,7H2,1-3H3,(H,17,20). The first-order valence-electron chi connectivity index (χ1n) is 5.99. The van der Waals surface area contributed by atoms with Crippen molar-refractivity contribution < 1.29 is 17.9 Å². The van der Waals surface area contributed by atoms with Gasteiger partial charge in [-0.05, 0) is 44.3 Å². The largest absolute Gasteiger partial charge is 0.416 e. The Morgan fingerprint density at radius 2 is 1.95 bits per heavy atom. The number of hydrogen-bond donors (Lipinski definition) is 1. The van der Waals surface area contributed by atoms with E-state index in [1.54, 1.807) is 11.7 Å². The third-order valence-corrected chi connectivity index (χ3v) is 3.52. The van der Waals surface area contributed by atoms with Crippen LogP contribution in [-0.4, -0.2) is 22.3 Å². The fourth-order valence-corrected chi connectivity index (χ4v) is 2.22. The summed E-state index contributed by atoms with van der Waals surface area (Å²) in [7, 11) is 1.58. The van der Waals surface area contributed by atoms with Gasteiger partial charge in [-0.2, -0.15) is 13.2 Å². The molecule has 0 aliphatic rings. The smallest absolute Gasteiger partial charge is 0.377 e. The Morgan fingerprint density at radius 1 is 1.30 bits per heavy atom. The highest BCUT2D eigenvalue weighted by atomic mass is 32.1. The van der Waals surface area contributed by atoms with Gasteiger partial charge in [0.2, 0.25) is 0 Å². The first kappa shape index (κ1) is 15.1. The minimum Gasteiger partial charge on any atom is -0.377 e. The predicted octanol–water partition coefficient (Wildman–Crippen LogP) is 4.14. The molecule has 0 spiro atoms. The number of ether oxygens (including phenoxy) is 1. The van der Waals surface area contributed by atoms with Crippen molar-refractivity contribution >= 4 is 23.3 Å². The first-order valence-corrected chi connectivity index (χ1v) is 6.40. The Morgan fingerprint density at radius 3 is 2.50 bits per heavy atom. The third-order valence-electron chi connectivity index (χ3n) is 3.19. The molecule has 110 valence electrons. The molecule has 3 nitrogen and oxygen atoms in total. The molecule has 0 fully saturated rings. The zero-order valence-electron chi connectivity index (χ0n) is 11.3. The lowest BCUT2D eigenvalue weighted by Crippen LogP contribution is -2.29. The van der Waals surface area contributed by atoms with Gasteiger partial charge in [0.25, 0.3) is 0 Å². The van der Waals surface area contributed by atoms with E-state index in [-0.39, 0.29) is 0 Å². The van der Waals surface area contributed by atoms with Crippen molar-refractivity contribution in [2.45, 2.75) is 32.2 Å². The number of imidazole rings is 1. The molecule has 0 saturated heterocycles. The highest BCUT2D eigenvalue weighted by Gasteiger charge is 2.31. The number of rotatable bonds is 3. The number of methoxy groups -OCH3 is 1. The van der Waals surface area contributed by atoms with E-state index in [9.17, 15) is 13.2 Å². The van der Waals surface area contributed by atoms with Gasteiger partial charge in [0.15, 0.2) is 4.77 Å². The summed E-state index contributed by atoms with van der Waals surface area (Å²) in [4.78, 5) is 2.81. The molecule has 0 bridgehead atoms. The van der Waals surface area contributed by atoms with Gasteiger partial charge < -0.3 is 14.3 Å². The lowest BCUT2D eigenvalue weighted by Gasteiger charge is -2.23. The third kappa shape index (κ3) is 2.88. The summed E-state index contributed by atoms with van der Waals surface area (Å²) in [6.07, 6.45) is -4.36. The van der Waals surface area contributed by atoms with Gasteiger partial charge >= 0.3 is 6.18 Å². The maximum atomic E-state index is 12.7. The number of nitrogens with zero attached hydrogens (tertiary/aromatic N) is 1. The molecule has 1 heterocycles. The van der Waals surface area contributed by atoms with E-state index >= 15 is 0 Å². The van der Waals surface area contributed by atoms with Gasteiger partial charge in [-0.3, -0.25) is 0 Å². The second kappa shape index (κ2) is 4.89. The van der Waals surface area contributed by atoms with Gasteiger partial charge in [-0.15, -0.1) is 0 Å². The van der Waals surface area contributed by atoms with Gasteiger partial charge in [0.1, 0.15) is 0 Å². The maximum absolute atomic E-state index is 12.7. The van der Waals surface area contributed by atoms with Crippen LogP contribution in [0, 0.1) is 4.77 Å². The Hall–Kier alpha value is -1.34. The lowest BCUT2D eigenvalue weighted by molar-refractivity contribution is -0.137. The van der Waals surface area contributed by atoms with Crippen LogP contribution in [0.1, 0.15) is 19.4 Å². The lowest BCUT2D eigenvalue weighted by atomic mass is 10.1. The van der Waals surface area contributed by atoms with E-state index in [2.05, 4.69) is 4.98 Å². The number of hydrogen-bond acceptors (Lipinski definition) is 2. The highest BCUT2D eigenvalue weighted by Crippen LogP contribution is 2.31. The van der Waals surface area contributed by atoms with Crippen molar-refractivity contribution in [1.82, 2.24) is 9.55 Å². The zero-order chi connectivity index (χ0) is 15.1. The second-order valence-electron chi connectivity index (χ2n) is 5.21. The average Bonchev–Trinajstić information content (AvgIpc) is 2.64. The van der Waals surface area contributed by atoms with E-state index < -0.39 is 17.3 Å². The summed E-state index contributed by atoms with van der Waals surface area (Å²) in [6, 6.07) is 3.55. The fraction of sp³-hybridized carbons (Fsp3) is 0.462. The van der Waals surface area contributed by atoms with Crippen LogP contribution >= 0.6 is 12.2 Å². The normalized spacial score (nSPS) is 13.1. The van der Waals surface area contributed by atoms with Crippen molar-refractivity contribution in [3.05, 3.63) is 28.5 Å². The number of aromatic amines is 1. The molecule has 7 heteroatoms. The number of benzene rings is 1. The second-order valence-corrected chi connectivity index (χ2v) is 5.60. The van der Waals surface area contributed by atoms with Crippen LogP contribution < -0.4 is 0 Å². The number of alkyl halides is 3. The van der Waals surface area contributed by atoms with Crippen molar-refractivity contribution in [3.8, 4) is 0 Å². The Labute approximate surface area is 119 Å². The number of fused-ring (bicyclic) bond motifs is 1. The van der Waals surface area contributed by atoms with E-state index in [0.29, 0.717) is 22.3 Å². The molecule has 0 aliphatic carbocycles. The Bertz CT molecular complexity index is 685. The Balaban J connectivity index is 2.54. The molecular weight excluding hydrogens is 289 g/mol. The molecule has 1 N–H and O–H groups in total. The van der Waals surface area contributed by atoms with E-state index in [4.69, 9.17) is 17.0 Å². The van der Waals surface area contributed by atoms with Gasteiger partial charge in [-0.1, -0.05) is 0 Å². The summed E-state index contributed by atoms with van der Waals surface area (Å²) in [6.45, 7) is 4.23. The number of aromatic nitrogens is 2. The van der Waals surface area contributed by atoms with Gasteiger partial charge in [0, 0.05) is 7.11 Å². The molecule has 1 aromatic carbocycles. The van der Waals surface area contributed by atoms with Crippen LogP contribution in [0.25, 0.3) is 11.0 Å². The van der Waals surface area contributed by atoms with Crippen molar-refractivity contribution in [3.63, 3.8) is 0 Å². The number of halogens is 3. The van der Waals surface area contributed by atoms with Crippen LogP contribution in [-0.2, 0) is 17.5 Å². The monoisotopic (exact) mass is 304 g/mol. The minimum absolute atomic E-state index is 0.372. The fourth-order valence-electron chi connectivity index (χ4n) is 1.94. The van der Waals surface area contributed by atoms with Crippen LogP contribution in [0.2, 0.25) is 0 Å². The molecular formula is C13H15F3N2OS. The predicted molar refractivity (Wildman–Crippen MR) is 73.2 cm³/mol. The molecule has 2 rings (SSSR count). The van der Waals surface area contributed by atoms with Gasteiger partial charge in [-0.25, -0.2) is 0 Å². The SMILES string of the molecule is COC(C)(C)Cn1c(=S)[nH]c2cc(C(F)(F)F)ccc21. The van der Waals surface area contributed by atoms with E-state index in [1.165, 1.54) is 6.07 Å². The van der Waals surface area contributed by atoms with Crippen molar-refractivity contribution in [2.75, 3.05) is 7.11 Å². The first-order chi connectivity index (χ1) is 9.14. The molecule has 0 aliphatic heterocycles. The molecule has 0 saturated carbocycles. The van der Waals surface area contributed by atoms with E-state index in [1.807, 2.05) is 13.8 Å².